The maximum atomic E-state index is 12.2. The second kappa shape index (κ2) is 8.75. The Morgan fingerprint density at radius 2 is 1.54 bits per heavy atom. The molecule has 26 heavy (non-hydrogen) atoms. The molecular weight excluding hydrogens is 369 g/mol. The first-order chi connectivity index (χ1) is 12.6. The van der Waals surface area contributed by atoms with Gasteiger partial charge in [-0.1, -0.05) is 71.7 Å². The molecule has 0 atom stereocenters. The fourth-order valence-corrected chi connectivity index (χ4v) is 3.10. The molecule has 0 aliphatic carbocycles. The van der Waals surface area contributed by atoms with Gasteiger partial charge >= 0.3 is 0 Å². The summed E-state index contributed by atoms with van der Waals surface area (Å²) < 4.78 is 5.73. The molecular formula is C21H17Cl2NO2. The van der Waals surface area contributed by atoms with Crippen molar-refractivity contribution < 1.29 is 9.53 Å². The maximum Gasteiger partial charge on any atom is 0.262 e. The van der Waals surface area contributed by atoms with Crippen LogP contribution in [0.2, 0.25) is 10.0 Å². The van der Waals surface area contributed by atoms with Crippen LogP contribution in [0.3, 0.4) is 0 Å². The van der Waals surface area contributed by atoms with Crippen molar-refractivity contribution in [3.8, 4) is 5.75 Å². The van der Waals surface area contributed by atoms with Gasteiger partial charge in [0, 0.05) is 22.2 Å². The number of nitrogens with one attached hydrogen (secondary N) is 1. The van der Waals surface area contributed by atoms with Gasteiger partial charge in [-0.3, -0.25) is 4.79 Å². The summed E-state index contributed by atoms with van der Waals surface area (Å²) in [6.07, 6.45) is 0.739. The summed E-state index contributed by atoms with van der Waals surface area (Å²) in [4.78, 5) is 12.2. The van der Waals surface area contributed by atoms with Gasteiger partial charge in [-0.15, -0.1) is 0 Å². The van der Waals surface area contributed by atoms with Crippen molar-refractivity contribution in [3.05, 3.63) is 94.0 Å². The van der Waals surface area contributed by atoms with Crippen LogP contribution in [-0.4, -0.2) is 12.5 Å². The lowest BCUT2D eigenvalue weighted by Gasteiger charge is -2.12. The number of hydrogen-bond acceptors (Lipinski definition) is 2. The fourth-order valence-electron chi connectivity index (χ4n) is 2.57. The van der Waals surface area contributed by atoms with E-state index in [-0.39, 0.29) is 12.5 Å². The van der Waals surface area contributed by atoms with Crippen molar-refractivity contribution in [3.63, 3.8) is 0 Å². The van der Waals surface area contributed by atoms with Gasteiger partial charge in [0.15, 0.2) is 6.61 Å². The number of para-hydroxylation sites is 1. The molecule has 0 aromatic heterocycles. The first kappa shape index (κ1) is 18.3. The molecule has 1 amide bonds. The van der Waals surface area contributed by atoms with Crippen LogP contribution in [0.15, 0.2) is 72.8 Å². The normalized spacial score (nSPS) is 10.4. The number of carbonyl (C=O) groups excluding carboxylic acids is 1. The predicted octanol–water partition coefficient (Wildman–Crippen LogP) is 5.60. The van der Waals surface area contributed by atoms with Crippen molar-refractivity contribution >= 4 is 34.8 Å². The third-order valence-corrected chi connectivity index (χ3v) is 4.15. The van der Waals surface area contributed by atoms with Crippen LogP contribution in [0.25, 0.3) is 0 Å². The number of carbonyl (C=O) groups is 1. The Bertz CT molecular complexity index is 877. The van der Waals surface area contributed by atoms with Crippen molar-refractivity contribution in [2.45, 2.75) is 6.42 Å². The molecule has 3 rings (SSSR count). The molecule has 0 bridgehead atoms. The standard InChI is InChI=1S/C21H17Cl2NO2/c22-17-11-18(23)13-19(12-17)24-21(25)14-26-20-9-5-4-8-16(20)10-15-6-2-1-3-7-15/h1-9,11-13H,10,14H2,(H,24,25). The predicted molar refractivity (Wildman–Crippen MR) is 106 cm³/mol. The summed E-state index contributed by atoms with van der Waals surface area (Å²) in [6.45, 7) is -0.101. The van der Waals surface area contributed by atoms with E-state index in [1.807, 2.05) is 42.5 Å². The van der Waals surface area contributed by atoms with E-state index in [1.165, 1.54) is 5.56 Å². The van der Waals surface area contributed by atoms with Gasteiger partial charge < -0.3 is 10.1 Å². The molecule has 0 aliphatic rings. The number of halogens is 2. The Balaban J connectivity index is 1.63. The van der Waals surface area contributed by atoms with Crippen molar-refractivity contribution in [1.29, 1.82) is 0 Å². The van der Waals surface area contributed by atoms with Gasteiger partial charge in [-0.05, 0) is 35.4 Å². The molecule has 3 nitrogen and oxygen atoms in total. The summed E-state index contributed by atoms with van der Waals surface area (Å²) >= 11 is 11.9. The van der Waals surface area contributed by atoms with E-state index >= 15 is 0 Å². The van der Waals surface area contributed by atoms with Gasteiger partial charge in [0.1, 0.15) is 5.75 Å². The van der Waals surface area contributed by atoms with Crippen LogP contribution in [0.5, 0.6) is 5.75 Å². The molecule has 0 unspecified atom stereocenters. The summed E-state index contributed by atoms with van der Waals surface area (Å²) in [5.74, 6) is 0.411. The minimum Gasteiger partial charge on any atom is -0.483 e. The first-order valence-corrected chi connectivity index (χ1v) is 8.86. The minimum atomic E-state index is -0.280. The minimum absolute atomic E-state index is 0.101. The van der Waals surface area contributed by atoms with Crippen LogP contribution in [0.1, 0.15) is 11.1 Å². The summed E-state index contributed by atoms with van der Waals surface area (Å²) in [5, 5.41) is 3.65. The SMILES string of the molecule is O=C(COc1ccccc1Cc1ccccc1)Nc1cc(Cl)cc(Cl)c1. The molecule has 3 aromatic rings. The number of amides is 1. The summed E-state index contributed by atoms with van der Waals surface area (Å²) in [7, 11) is 0. The van der Waals surface area contributed by atoms with Gasteiger partial charge in [-0.25, -0.2) is 0 Å². The van der Waals surface area contributed by atoms with E-state index in [4.69, 9.17) is 27.9 Å². The third kappa shape index (κ3) is 5.25. The average molecular weight is 386 g/mol. The van der Waals surface area contributed by atoms with Crippen molar-refractivity contribution in [1.82, 2.24) is 0 Å². The highest BCUT2D eigenvalue weighted by Gasteiger charge is 2.08. The van der Waals surface area contributed by atoms with Crippen LogP contribution in [0, 0.1) is 0 Å². The Kier molecular flexibility index (Phi) is 6.16. The molecule has 5 heteroatoms. The number of anilines is 1. The highest BCUT2D eigenvalue weighted by Crippen LogP contribution is 2.23. The Hall–Kier alpha value is -2.49. The van der Waals surface area contributed by atoms with E-state index in [2.05, 4.69) is 17.4 Å². The fraction of sp³-hybridized carbons (Fsp3) is 0.0952. The molecule has 1 N–H and O–H groups in total. The summed E-state index contributed by atoms with van der Waals surface area (Å²) in [5.41, 5.74) is 2.74. The highest BCUT2D eigenvalue weighted by molar-refractivity contribution is 6.35. The second-order valence-corrected chi connectivity index (χ2v) is 6.64. The lowest BCUT2D eigenvalue weighted by molar-refractivity contribution is -0.118. The third-order valence-electron chi connectivity index (χ3n) is 3.72. The van der Waals surface area contributed by atoms with E-state index in [0.29, 0.717) is 21.5 Å². The van der Waals surface area contributed by atoms with Gasteiger partial charge in [-0.2, -0.15) is 0 Å². The molecule has 0 heterocycles. The van der Waals surface area contributed by atoms with Crippen molar-refractivity contribution in [2.24, 2.45) is 0 Å². The zero-order valence-corrected chi connectivity index (χ0v) is 15.4. The number of ether oxygens (including phenoxy) is 1. The van der Waals surface area contributed by atoms with Crippen molar-refractivity contribution in [2.75, 3.05) is 11.9 Å². The monoisotopic (exact) mass is 385 g/mol. The van der Waals surface area contributed by atoms with Crippen LogP contribution >= 0.6 is 23.2 Å². The topological polar surface area (TPSA) is 38.3 Å². The Labute approximate surface area is 162 Å². The van der Waals surface area contributed by atoms with E-state index in [0.717, 1.165) is 12.0 Å². The number of benzene rings is 3. The smallest absolute Gasteiger partial charge is 0.262 e. The Morgan fingerprint density at radius 3 is 2.27 bits per heavy atom. The molecule has 0 spiro atoms. The molecule has 3 aromatic carbocycles. The highest BCUT2D eigenvalue weighted by atomic mass is 35.5. The molecule has 0 fully saturated rings. The van der Waals surface area contributed by atoms with E-state index in [1.54, 1.807) is 18.2 Å². The van der Waals surface area contributed by atoms with Crippen LogP contribution < -0.4 is 10.1 Å². The van der Waals surface area contributed by atoms with E-state index < -0.39 is 0 Å². The zero-order valence-electron chi connectivity index (χ0n) is 13.9. The van der Waals surface area contributed by atoms with Gasteiger partial charge in [0.25, 0.3) is 5.91 Å². The number of rotatable bonds is 6. The van der Waals surface area contributed by atoms with E-state index in [9.17, 15) is 4.79 Å². The first-order valence-electron chi connectivity index (χ1n) is 8.11. The quantitative estimate of drug-likeness (QED) is 0.599. The lowest BCUT2D eigenvalue weighted by atomic mass is 10.0. The molecule has 132 valence electrons. The zero-order chi connectivity index (χ0) is 18.4. The van der Waals surface area contributed by atoms with Gasteiger partial charge in [0.2, 0.25) is 0 Å². The second-order valence-electron chi connectivity index (χ2n) is 5.77. The molecule has 0 saturated carbocycles. The average Bonchev–Trinajstić information content (AvgIpc) is 2.61. The maximum absolute atomic E-state index is 12.2. The molecule has 0 aliphatic heterocycles. The number of hydrogen-bond donors (Lipinski definition) is 1. The molecule has 0 radical (unpaired) electrons. The lowest BCUT2D eigenvalue weighted by Crippen LogP contribution is -2.20. The Morgan fingerprint density at radius 1 is 0.885 bits per heavy atom. The largest absolute Gasteiger partial charge is 0.483 e. The van der Waals surface area contributed by atoms with Gasteiger partial charge in [0.05, 0.1) is 0 Å². The summed E-state index contributed by atoms with van der Waals surface area (Å²) in [6, 6.07) is 22.7. The van der Waals surface area contributed by atoms with Crippen LogP contribution in [0.4, 0.5) is 5.69 Å². The van der Waals surface area contributed by atoms with Crippen LogP contribution in [-0.2, 0) is 11.2 Å². The molecule has 0 saturated heterocycles.